The summed E-state index contributed by atoms with van der Waals surface area (Å²) < 4.78 is 105. The third-order valence-corrected chi connectivity index (χ3v) is 10.1. The standard InChI is InChI=1S/C38H47N3O5.C3H8.C2HF6NO2S2.C2H6/c1-9-39-31-16-21-34(35(26-31)44-8)36(29-12-17-32(18-13-29)40(10-2)11-3)30-14-19-33(20-15-30)41(22-24-45-37(42)27(4)5)23-25-46-38(43)28(6)7;1-3-2;3-1(4,5)12(10)9-13(11)2(6,7)8;1-2/h12-21,26H,4,6,9-11,22-25H2,1-3,5,7-8H3;3H2,1-2H3;9H;1-2H3/b36-34-,39-31?;;;. The molecule has 64 heavy (non-hydrogen) atoms. The number of rotatable bonds is 18. The lowest BCUT2D eigenvalue weighted by Gasteiger charge is -2.25. The third kappa shape index (κ3) is 20.7. The zero-order valence-corrected chi connectivity index (χ0v) is 39.8. The number of nitrogens with one attached hydrogen (secondary N) is 1. The lowest BCUT2D eigenvalue weighted by Crippen LogP contribution is -2.37. The van der Waals surface area contributed by atoms with E-state index in [2.05, 4.69) is 93.2 Å². The molecule has 0 saturated heterocycles. The molecule has 0 aliphatic heterocycles. The molecule has 358 valence electrons. The van der Waals surface area contributed by atoms with Crippen LogP contribution in [0.15, 0.2) is 107 Å². The Kier molecular flexibility index (Phi) is 27.8. The first-order valence-corrected chi connectivity index (χ1v) is 22.7. The zero-order chi connectivity index (χ0) is 49.2. The second-order valence-corrected chi connectivity index (χ2v) is 15.7. The lowest BCUT2D eigenvalue weighted by molar-refractivity contribution is -0.139. The van der Waals surface area contributed by atoms with Gasteiger partial charge in [-0.1, -0.05) is 71.5 Å². The first kappa shape index (κ1) is 59.0. The minimum atomic E-state index is -5.37. The maximum atomic E-state index is 12.0. The molecule has 11 nitrogen and oxygen atoms in total. The number of alkyl halides is 6. The van der Waals surface area contributed by atoms with Crippen LogP contribution in [0.4, 0.5) is 37.7 Å². The van der Waals surface area contributed by atoms with Gasteiger partial charge in [0.05, 0.1) is 25.9 Å². The molecule has 3 rings (SSSR count). The van der Waals surface area contributed by atoms with Gasteiger partial charge in [0, 0.05) is 53.8 Å². The largest absolute Gasteiger partial charge is 0.496 e. The summed E-state index contributed by atoms with van der Waals surface area (Å²) in [4.78, 5) is 32.9. The van der Waals surface area contributed by atoms with E-state index in [1.807, 2.05) is 50.0 Å². The second kappa shape index (κ2) is 30.2. The molecule has 0 aromatic heterocycles. The van der Waals surface area contributed by atoms with E-state index in [1.165, 1.54) is 12.1 Å². The van der Waals surface area contributed by atoms with Crippen molar-refractivity contribution >= 4 is 56.6 Å². The first-order chi connectivity index (χ1) is 30.1. The number of nitrogens with zero attached hydrogens (tertiary/aromatic N) is 3. The van der Waals surface area contributed by atoms with Crippen molar-refractivity contribution in [1.82, 2.24) is 4.13 Å². The van der Waals surface area contributed by atoms with Crippen molar-refractivity contribution in [2.45, 2.75) is 79.8 Å². The van der Waals surface area contributed by atoms with Crippen LogP contribution >= 0.6 is 0 Å². The van der Waals surface area contributed by atoms with E-state index in [0.29, 0.717) is 34.9 Å². The van der Waals surface area contributed by atoms with E-state index in [9.17, 15) is 44.3 Å². The molecule has 1 aliphatic carbocycles. The van der Waals surface area contributed by atoms with Crippen molar-refractivity contribution in [3.63, 3.8) is 0 Å². The zero-order valence-electron chi connectivity index (χ0n) is 38.2. The molecule has 0 radical (unpaired) electrons. The molecule has 1 N–H and O–H groups in total. The number of halogens is 6. The van der Waals surface area contributed by atoms with E-state index in [4.69, 9.17) is 14.2 Å². The SMILES string of the molecule is C=C(C)C(=O)OCCN(CCOC(=O)C(=C)C)c1ccc(/C(=C2/C=CC(=NCC)C=C2OC)c2ccc(N(CC)CC)cc2)cc1.CC.CCC.O=S(NS(=O)C(F)(F)F)C(F)(F)F. The topological polar surface area (TPSA) is 127 Å². The molecular weight excluding hydrogens is 887 g/mol. The Balaban J connectivity index is 0.00000186. The number of carbonyl (C=O) groups is 2. The number of carbonyl (C=O) groups excluding carboxylic acids is 2. The highest BCUT2D eigenvalue weighted by Gasteiger charge is 2.44. The van der Waals surface area contributed by atoms with Gasteiger partial charge in [0.1, 0.15) is 19.0 Å². The minimum absolute atomic E-state index is 0.157. The molecule has 0 fully saturated rings. The number of benzene rings is 2. The van der Waals surface area contributed by atoms with Crippen molar-refractivity contribution in [2.75, 3.05) is 62.8 Å². The number of allylic oxidation sites excluding steroid dienone is 3. The Morgan fingerprint density at radius 3 is 1.42 bits per heavy atom. The lowest BCUT2D eigenvalue weighted by atomic mass is 9.89. The molecule has 2 aromatic rings. The molecule has 0 amide bonds. The fraction of sp³-hybridized carbons (Fsp3) is 0.444. The van der Waals surface area contributed by atoms with Crippen LogP contribution in [0.1, 0.15) is 79.9 Å². The summed E-state index contributed by atoms with van der Waals surface area (Å²) in [5.74, 6) is -0.147. The summed E-state index contributed by atoms with van der Waals surface area (Å²) in [6.07, 6.45) is 7.30. The highest BCUT2D eigenvalue weighted by molar-refractivity contribution is 7.99. The normalized spacial score (nSPS) is 14.4. The van der Waals surface area contributed by atoms with E-state index < -0.39 is 44.9 Å². The number of aliphatic imine (C=N–C) groups is 1. The van der Waals surface area contributed by atoms with Crippen molar-refractivity contribution in [2.24, 2.45) is 4.99 Å². The van der Waals surface area contributed by atoms with E-state index in [1.54, 1.807) is 21.0 Å². The summed E-state index contributed by atoms with van der Waals surface area (Å²) in [6, 6.07) is 16.8. The predicted octanol–water partition coefficient (Wildman–Crippen LogP) is 10.3. The molecule has 0 spiro atoms. The summed E-state index contributed by atoms with van der Waals surface area (Å²) >= 11 is 0. The van der Waals surface area contributed by atoms with Crippen molar-refractivity contribution in [3.05, 3.63) is 114 Å². The van der Waals surface area contributed by atoms with Gasteiger partial charge >= 0.3 is 23.0 Å². The van der Waals surface area contributed by atoms with Crippen LogP contribution in [0, 0.1) is 0 Å². The summed E-state index contributed by atoms with van der Waals surface area (Å²) in [5, 5.41) is 0. The second-order valence-electron chi connectivity index (χ2n) is 13.0. The third-order valence-electron chi connectivity index (χ3n) is 8.06. The Bertz CT molecular complexity index is 1920. The number of hydrogen-bond donors (Lipinski definition) is 1. The highest BCUT2D eigenvalue weighted by Crippen LogP contribution is 2.35. The summed E-state index contributed by atoms with van der Waals surface area (Å²) in [5.41, 5.74) is -3.11. The maximum absolute atomic E-state index is 12.0. The van der Waals surface area contributed by atoms with Gasteiger partial charge < -0.3 is 24.0 Å². The molecule has 19 heteroatoms. The van der Waals surface area contributed by atoms with Gasteiger partial charge in [-0.15, -0.1) is 4.13 Å². The number of esters is 2. The van der Waals surface area contributed by atoms with Crippen molar-refractivity contribution in [3.8, 4) is 0 Å². The predicted molar refractivity (Wildman–Crippen MR) is 247 cm³/mol. The average Bonchev–Trinajstić information content (AvgIpc) is 3.25. The monoisotopic (exact) mass is 948 g/mol. The first-order valence-electron chi connectivity index (χ1n) is 20.4. The maximum Gasteiger partial charge on any atom is 0.486 e. The molecule has 0 heterocycles. The van der Waals surface area contributed by atoms with Gasteiger partial charge in [-0.3, -0.25) is 4.99 Å². The van der Waals surface area contributed by atoms with E-state index in [0.717, 1.165) is 52.5 Å². The van der Waals surface area contributed by atoms with Crippen LogP contribution in [-0.4, -0.2) is 90.1 Å². The number of anilines is 2. The molecule has 0 bridgehead atoms. The van der Waals surface area contributed by atoms with Crippen molar-refractivity contribution in [1.29, 1.82) is 0 Å². The number of hydrogen-bond acceptors (Lipinski definition) is 10. The molecule has 1 aliphatic rings. The quantitative estimate of drug-likeness (QED) is 0.0883. The Morgan fingerprint density at radius 2 is 1.09 bits per heavy atom. The molecule has 2 unspecified atom stereocenters. The average molecular weight is 949 g/mol. The van der Waals surface area contributed by atoms with E-state index in [-0.39, 0.29) is 13.2 Å². The Morgan fingerprint density at radius 1 is 0.703 bits per heavy atom. The smallest absolute Gasteiger partial charge is 0.486 e. The van der Waals surface area contributed by atoms with Crippen LogP contribution in [0.5, 0.6) is 0 Å². The van der Waals surface area contributed by atoms with Gasteiger partial charge in [-0.2, -0.15) is 26.3 Å². The van der Waals surface area contributed by atoms with E-state index >= 15 is 0 Å². The Hall–Kier alpha value is -5.01. The fourth-order valence-electron chi connectivity index (χ4n) is 5.19. The minimum Gasteiger partial charge on any atom is -0.496 e. The molecule has 2 aromatic carbocycles. The highest BCUT2D eigenvalue weighted by atomic mass is 32.3. The molecule has 2 atom stereocenters. The van der Waals surface area contributed by atoms with Gasteiger partial charge in [0.25, 0.3) is 0 Å². The number of ether oxygens (including phenoxy) is 3. The van der Waals surface area contributed by atoms with Gasteiger partial charge in [-0.05, 0) is 87.7 Å². The van der Waals surface area contributed by atoms with Crippen LogP contribution in [-0.2, 0) is 45.8 Å². The van der Waals surface area contributed by atoms with Crippen molar-refractivity contribution < 1.29 is 58.6 Å². The van der Waals surface area contributed by atoms with Gasteiger partial charge in [0.2, 0.25) is 22.0 Å². The van der Waals surface area contributed by atoms with Crippen LogP contribution in [0.3, 0.4) is 0 Å². The van der Waals surface area contributed by atoms with Gasteiger partial charge in [0.15, 0.2) is 0 Å². The van der Waals surface area contributed by atoms with Gasteiger partial charge in [-0.25, -0.2) is 18.0 Å². The summed E-state index contributed by atoms with van der Waals surface area (Å²) in [7, 11) is -6.29. The molecule has 0 saturated carbocycles. The van der Waals surface area contributed by atoms with Crippen LogP contribution < -0.4 is 13.9 Å². The van der Waals surface area contributed by atoms with Crippen LogP contribution in [0.2, 0.25) is 0 Å². The summed E-state index contributed by atoms with van der Waals surface area (Å²) in [6.45, 7) is 28.8. The molecular formula is C45H62F6N4O7S2. The number of methoxy groups -OCH3 is 1. The Labute approximate surface area is 379 Å². The van der Waals surface area contributed by atoms with Crippen LogP contribution in [0.25, 0.3) is 5.57 Å². The fourth-order valence-corrected chi connectivity index (χ4v) is 6.49.